The second-order valence-corrected chi connectivity index (χ2v) is 9.46. The highest BCUT2D eigenvalue weighted by atomic mass is 16.5. The van der Waals surface area contributed by atoms with E-state index >= 15 is 0 Å². The molecule has 2 aromatic carbocycles. The van der Waals surface area contributed by atoms with E-state index in [1.54, 1.807) is 7.11 Å². The van der Waals surface area contributed by atoms with Gasteiger partial charge in [0.05, 0.1) is 13.0 Å². The predicted molar refractivity (Wildman–Crippen MR) is 142 cm³/mol. The SMILES string of the molecule is COc1cccc(N2CCN(CC3=CC=C(C(C)C)C=C(OCc4ccccc4)C3C=O)CC2)c1. The Hall–Kier alpha value is -3.31. The van der Waals surface area contributed by atoms with E-state index in [2.05, 4.69) is 54.0 Å². The number of hydrogen-bond acceptors (Lipinski definition) is 5. The Kier molecular flexibility index (Phi) is 8.43. The van der Waals surface area contributed by atoms with Crippen molar-refractivity contribution in [3.05, 3.63) is 95.3 Å². The van der Waals surface area contributed by atoms with Gasteiger partial charge < -0.3 is 19.2 Å². The van der Waals surface area contributed by atoms with Crippen LogP contribution in [-0.2, 0) is 16.1 Å². The minimum Gasteiger partial charge on any atom is -0.497 e. The van der Waals surface area contributed by atoms with Crippen LogP contribution in [0.4, 0.5) is 5.69 Å². The number of methoxy groups -OCH3 is 1. The molecule has 0 radical (unpaired) electrons. The van der Waals surface area contributed by atoms with Gasteiger partial charge in [0.2, 0.25) is 0 Å². The number of nitrogens with zero attached hydrogens (tertiary/aromatic N) is 2. The van der Waals surface area contributed by atoms with Crippen LogP contribution in [0.1, 0.15) is 19.4 Å². The van der Waals surface area contributed by atoms with E-state index in [9.17, 15) is 4.79 Å². The number of aldehydes is 1. The minimum atomic E-state index is -0.373. The molecule has 5 nitrogen and oxygen atoms in total. The molecule has 0 bridgehead atoms. The molecule has 4 rings (SSSR count). The fourth-order valence-electron chi connectivity index (χ4n) is 4.56. The Morgan fingerprint density at radius 3 is 2.46 bits per heavy atom. The lowest BCUT2D eigenvalue weighted by Crippen LogP contribution is -2.47. The number of benzene rings is 2. The number of carbonyl (C=O) groups excluding carboxylic acids is 1. The van der Waals surface area contributed by atoms with Gasteiger partial charge in [-0.3, -0.25) is 4.90 Å². The molecule has 1 saturated heterocycles. The van der Waals surface area contributed by atoms with Crippen LogP contribution in [0.15, 0.2) is 89.7 Å². The van der Waals surface area contributed by atoms with Crippen molar-refractivity contribution >= 4 is 12.0 Å². The van der Waals surface area contributed by atoms with Crippen molar-refractivity contribution < 1.29 is 14.3 Å². The second kappa shape index (κ2) is 11.9. The van der Waals surface area contributed by atoms with Crippen molar-refractivity contribution in [3.8, 4) is 5.75 Å². The van der Waals surface area contributed by atoms with Gasteiger partial charge in [-0.2, -0.15) is 0 Å². The largest absolute Gasteiger partial charge is 0.497 e. The quantitative estimate of drug-likeness (QED) is 0.466. The molecule has 35 heavy (non-hydrogen) atoms. The zero-order chi connectivity index (χ0) is 24.6. The summed E-state index contributed by atoms with van der Waals surface area (Å²) in [5.41, 5.74) is 4.55. The van der Waals surface area contributed by atoms with Crippen molar-refractivity contribution in [1.82, 2.24) is 4.90 Å². The first-order chi connectivity index (χ1) is 17.1. The maximum atomic E-state index is 12.3. The molecule has 0 N–H and O–H groups in total. The molecular weight excluding hydrogens is 436 g/mol. The summed E-state index contributed by atoms with van der Waals surface area (Å²) in [5, 5.41) is 0. The summed E-state index contributed by atoms with van der Waals surface area (Å²) < 4.78 is 11.6. The summed E-state index contributed by atoms with van der Waals surface area (Å²) in [5.74, 6) is 1.59. The molecule has 2 aliphatic rings. The molecule has 0 saturated carbocycles. The number of carbonyl (C=O) groups is 1. The minimum absolute atomic E-state index is 0.347. The average molecular weight is 473 g/mol. The predicted octanol–water partition coefficient (Wildman–Crippen LogP) is 5.26. The summed E-state index contributed by atoms with van der Waals surface area (Å²) in [7, 11) is 1.70. The van der Waals surface area contributed by atoms with Crippen LogP contribution in [0.3, 0.4) is 0 Å². The van der Waals surface area contributed by atoms with Crippen molar-refractivity contribution in [2.24, 2.45) is 11.8 Å². The van der Waals surface area contributed by atoms with Crippen molar-refractivity contribution in [2.75, 3.05) is 44.7 Å². The highest BCUT2D eigenvalue weighted by Gasteiger charge is 2.26. The van der Waals surface area contributed by atoms with Gasteiger partial charge in [0.15, 0.2) is 0 Å². The highest BCUT2D eigenvalue weighted by molar-refractivity contribution is 5.65. The van der Waals surface area contributed by atoms with E-state index in [0.717, 1.165) is 61.7 Å². The summed E-state index contributed by atoms with van der Waals surface area (Å²) in [6, 6.07) is 18.3. The van der Waals surface area contributed by atoms with Crippen molar-refractivity contribution in [2.45, 2.75) is 20.5 Å². The molecule has 184 valence electrons. The normalized spacial score (nSPS) is 18.9. The first kappa shape index (κ1) is 24.8. The van der Waals surface area contributed by atoms with Crippen LogP contribution >= 0.6 is 0 Å². The summed E-state index contributed by atoms with van der Waals surface area (Å²) in [6.07, 6.45) is 7.39. The number of allylic oxidation sites excluding steroid dienone is 5. The lowest BCUT2D eigenvalue weighted by Gasteiger charge is -2.37. The molecule has 1 unspecified atom stereocenters. The van der Waals surface area contributed by atoms with Crippen LogP contribution in [0.25, 0.3) is 0 Å². The fourth-order valence-corrected chi connectivity index (χ4v) is 4.56. The third-order valence-electron chi connectivity index (χ3n) is 6.75. The Balaban J connectivity index is 1.45. The van der Waals surface area contributed by atoms with Gasteiger partial charge in [0, 0.05) is 44.5 Å². The number of hydrogen-bond donors (Lipinski definition) is 0. The van der Waals surface area contributed by atoms with Gasteiger partial charge in [-0.25, -0.2) is 0 Å². The van der Waals surface area contributed by atoms with E-state index in [4.69, 9.17) is 9.47 Å². The van der Waals surface area contributed by atoms with E-state index in [0.29, 0.717) is 12.5 Å². The molecule has 0 aromatic heterocycles. The summed E-state index contributed by atoms with van der Waals surface area (Å²) in [6.45, 7) is 9.29. The maximum absolute atomic E-state index is 12.3. The second-order valence-electron chi connectivity index (χ2n) is 9.46. The summed E-state index contributed by atoms with van der Waals surface area (Å²) >= 11 is 0. The standard InChI is InChI=1S/C30H36N2O3/c1-23(2)25-12-13-26(29(21-33)30(18-25)35-22-24-8-5-4-6-9-24)20-31-14-16-32(17-15-31)27-10-7-11-28(19-27)34-3/h4-13,18-19,21,23,29H,14-17,20,22H2,1-3H3. The Morgan fingerprint density at radius 2 is 1.77 bits per heavy atom. The molecule has 1 fully saturated rings. The number of piperazine rings is 1. The molecule has 0 spiro atoms. The van der Waals surface area contributed by atoms with Crippen molar-refractivity contribution in [1.29, 1.82) is 0 Å². The van der Waals surface area contributed by atoms with Crippen LogP contribution in [0.2, 0.25) is 0 Å². The van der Waals surface area contributed by atoms with Gasteiger partial charge >= 0.3 is 0 Å². The van der Waals surface area contributed by atoms with Crippen LogP contribution in [0, 0.1) is 11.8 Å². The van der Waals surface area contributed by atoms with Gasteiger partial charge in [-0.05, 0) is 40.8 Å². The van der Waals surface area contributed by atoms with Gasteiger partial charge in [0.1, 0.15) is 24.4 Å². The zero-order valence-electron chi connectivity index (χ0n) is 21.0. The zero-order valence-corrected chi connectivity index (χ0v) is 21.0. The number of anilines is 1. The van der Waals surface area contributed by atoms with E-state index in [-0.39, 0.29) is 5.92 Å². The van der Waals surface area contributed by atoms with E-state index in [1.165, 1.54) is 11.3 Å². The maximum Gasteiger partial charge on any atom is 0.134 e. The Labute approximate surface area is 209 Å². The Bertz CT molecular complexity index is 1080. The molecular formula is C30H36N2O3. The molecule has 1 aliphatic heterocycles. The van der Waals surface area contributed by atoms with Crippen LogP contribution < -0.4 is 9.64 Å². The molecule has 5 heteroatoms. The van der Waals surface area contributed by atoms with Gasteiger partial charge in [0.25, 0.3) is 0 Å². The van der Waals surface area contributed by atoms with Gasteiger partial charge in [-0.1, -0.05) is 62.4 Å². The van der Waals surface area contributed by atoms with Crippen LogP contribution in [0.5, 0.6) is 5.75 Å². The van der Waals surface area contributed by atoms with Crippen molar-refractivity contribution in [3.63, 3.8) is 0 Å². The highest BCUT2D eigenvalue weighted by Crippen LogP contribution is 2.29. The van der Waals surface area contributed by atoms with E-state index in [1.807, 2.05) is 42.5 Å². The first-order valence-corrected chi connectivity index (χ1v) is 12.4. The number of ether oxygens (including phenoxy) is 2. The average Bonchev–Trinajstić information content (AvgIpc) is 3.07. The lowest BCUT2D eigenvalue weighted by molar-refractivity contribution is -0.110. The van der Waals surface area contributed by atoms with E-state index < -0.39 is 0 Å². The molecule has 1 atom stereocenters. The fraction of sp³-hybridized carbons (Fsp3) is 0.367. The van der Waals surface area contributed by atoms with Gasteiger partial charge in [-0.15, -0.1) is 0 Å². The monoisotopic (exact) mass is 472 g/mol. The third kappa shape index (κ3) is 6.43. The molecule has 0 amide bonds. The lowest BCUT2D eigenvalue weighted by atomic mass is 9.96. The summed E-state index contributed by atoms with van der Waals surface area (Å²) in [4.78, 5) is 17.2. The Morgan fingerprint density at radius 1 is 1.00 bits per heavy atom. The molecule has 2 aromatic rings. The first-order valence-electron chi connectivity index (χ1n) is 12.4. The number of rotatable bonds is 9. The topological polar surface area (TPSA) is 42.0 Å². The van der Waals surface area contributed by atoms with Crippen LogP contribution in [-0.4, -0.2) is 51.0 Å². The third-order valence-corrected chi connectivity index (χ3v) is 6.75. The molecule has 1 heterocycles. The smallest absolute Gasteiger partial charge is 0.134 e. The molecule has 1 aliphatic carbocycles.